The van der Waals surface area contributed by atoms with Gasteiger partial charge in [-0.3, -0.25) is 4.79 Å². The molecule has 2 N–H and O–H groups in total. The zero-order chi connectivity index (χ0) is 14.2. The summed E-state index contributed by atoms with van der Waals surface area (Å²) < 4.78 is 0. The highest BCUT2D eigenvalue weighted by Crippen LogP contribution is 2.31. The average Bonchev–Trinajstić information content (AvgIpc) is 2.44. The van der Waals surface area contributed by atoms with E-state index in [1.807, 2.05) is 18.3 Å². The fraction of sp³-hybridized carbons (Fsp3) is 0.625. The molecule has 4 rings (SSSR count). The number of pyridine rings is 1. The van der Waals surface area contributed by atoms with Crippen LogP contribution in [0.25, 0.3) is 0 Å². The Morgan fingerprint density at radius 2 is 2.19 bits per heavy atom. The fourth-order valence-corrected chi connectivity index (χ4v) is 3.45. The standard InChI is InChI=1S/C16H22N4O/c21-16(19-11-2-1-3-11)14-5-4-12(10-18-14)20-9-8-17-13-6-7-15(13)20/h4-5,10-11,13,15,17H,1-3,6-9H2,(H,19,21)/t13-,15+/m1/s1. The molecule has 0 aromatic carbocycles. The highest BCUT2D eigenvalue weighted by atomic mass is 16.1. The lowest BCUT2D eigenvalue weighted by Gasteiger charge is -2.49. The minimum absolute atomic E-state index is 0.0342. The molecular formula is C16H22N4O. The van der Waals surface area contributed by atoms with Crippen molar-refractivity contribution in [2.75, 3.05) is 18.0 Å². The predicted molar refractivity (Wildman–Crippen MR) is 81.5 cm³/mol. The minimum atomic E-state index is -0.0342. The van der Waals surface area contributed by atoms with Gasteiger partial charge in [0.2, 0.25) is 0 Å². The lowest BCUT2D eigenvalue weighted by molar-refractivity contribution is 0.0912. The number of rotatable bonds is 3. The van der Waals surface area contributed by atoms with Gasteiger partial charge >= 0.3 is 0 Å². The van der Waals surface area contributed by atoms with Crippen molar-refractivity contribution in [1.82, 2.24) is 15.6 Å². The largest absolute Gasteiger partial charge is 0.364 e. The summed E-state index contributed by atoms with van der Waals surface area (Å²) in [6.07, 6.45) is 7.82. The normalized spacial score (nSPS) is 28.3. The van der Waals surface area contributed by atoms with Crippen LogP contribution in [-0.4, -0.2) is 42.1 Å². The van der Waals surface area contributed by atoms with Gasteiger partial charge in [0.25, 0.3) is 5.91 Å². The number of piperazine rings is 1. The van der Waals surface area contributed by atoms with E-state index < -0.39 is 0 Å². The van der Waals surface area contributed by atoms with Crippen LogP contribution < -0.4 is 15.5 Å². The molecule has 2 heterocycles. The molecule has 0 spiro atoms. The molecule has 2 aliphatic carbocycles. The number of anilines is 1. The molecule has 1 aliphatic heterocycles. The number of nitrogens with one attached hydrogen (secondary N) is 2. The molecule has 0 radical (unpaired) electrons. The van der Waals surface area contributed by atoms with Crippen molar-refractivity contribution < 1.29 is 4.79 Å². The second-order valence-corrected chi connectivity index (χ2v) is 6.40. The molecule has 5 nitrogen and oxygen atoms in total. The van der Waals surface area contributed by atoms with Crippen molar-refractivity contribution in [2.45, 2.75) is 50.2 Å². The third-order valence-corrected chi connectivity index (χ3v) is 5.15. The maximum absolute atomic E-state index is 12.1. The molecule has 1 aromatic rings. The van der Waals surface area contributed by atoms with Crippen LogP contribution >= 0.6 is 0 Å². The summed E-state index contributed by atoms with van der Waals surface area (Å²) in [5, 5.41) is 6.59. The number of amides is 1. The van der Waals surface area contributed by atoms with E-state index in [-0.39, 0.29) is 5.91 Å². The Hall–Kier alpha value is -1.62. The first-order valence-corrected chi connectivity index (χ1v) is 8.08. The van der Waals surface area contributed by atoms with Crippen molar-refractivity contribution in [1.29, 1.82) is 0 Å². The molecule has 1 saturated heterocycles. The Bertz CT molecular complexity index is 526. The number of nitrogens with zero attached hydrogens (tertiary/aromatic N) is 2. The number of hydrogen-bond donors (Lipinski definition) is 2. The third kappa shape index (κ3) is 2.39. The summed E-state index contributed by atoms with van der Waals surface area (Å²) in [5.41, 5.74) is 1.68. The first-order valence-electron chi connectivity index (χ1n) is 8.08. The molecule has 5 heteroatoms. The topological polar surface area (TPSA) is 57.3 Å². The highest BCUT2D eigenvalue weighted by Gasteiger charge is 2.38. The number of aromatic nitrogens is 1. The van der Waals surface area contributed by atoms with Gasteiger partial charge < -0.3 is 15.5 Å². The monoisotopic (exact) mass is 286 g/mol. The number of carbonyl (C=O) groups excluding carboxylic acids is 1. The van der Waals surface area contributed by atoms with Crippen molar-refractivity contribution in [3.8, 4) is 0 Å². The lowest BCUT2D eigenvalue weighted by atomic mass is 9.83. The Balaban J connectivity index is 1.44. The maximum atomic E-state index is 12.1. The smallest absolute Gasteiger partial charge is 0.270 e. The summed E-state index contributed by atoms with van der Waals surface area (Å²) in [6, 6.07) is 5.51. The van der Waals surface area contributed by atoms with E-state index in [1.54, 1.807) is 0 Å². The molecule has 0 bridgehead atoms. The average molecular weight is 286 g/mol. The van der Waals surface area contributed by atoms with Gasteiger partial charge in [-0.05, 0) is 44.2 Å². The summed E-state index contributed by atoms with van der Waals surface area (Å²) in [4.78, 5) is 18.9. The van der Waals surface area contributed by atoms with Gasteiger partial charge in [0.05, 0.1) is 11.9 Å². The first-order chi connectivity index (χ1) is 10.3. The van der Waals surface area contributed by atoms with E-state index in [9.17, 15) is 4.79 Å². The SMILES string of the molecule is O=C(NC1CCC1)c1ccc(N2CCN[C@@H]3CC[C@@H]32)cn1. The van der Waals surface area contributed by atoms with Crippen LogP contribution in [-0.2, 0) is 0 Å². The maximum Gasteiger partial charge on any atom is 0.270 e. The Morgan fingerprint density at radius 1 is 1.29 bits per heavy atom. The highest BCUT2D eigenvalue weighted by molar-refractivity contribution is 5.92. The van der Waals surface area contributed by atoms with Gasteiger partial charge in [-0.2, -0.15) is 0 Å². The van der Waals surface area contributed by atoms with E-state index in [0.717, 1.165) is 31.6 Å². The zero-order valence-corrected chi connectivity index (χ0v) is 12.2. The van der Waals surface area contributed by atoms with Crippen LogP contribution in [0.5, 0.6) is 0 Å². The van der Waals surface area contributed by atoms with E-state index >= 15 is 0 Å². The van der Waals surface area contributed by atoms with Crippen LogP contribution in [0.2, 0.25) is 0 Å². The molecule has 1 aromatic heterocycles. The van der Waals surface area contributed by atoms with Gasteiger partial charge in [-0.15, -0.1) is 0 Å². The first kappa shape index (κ1) is 13.1. The summed E-state index contributed by atoms with van der Waals surface area (Å²) in [7, 11) is 0. The van der Waals surface area contributed by atoms with Crippen LogP contribution in [0.3, 0.4) is 0 Å². The number of hydrogen-bond acceptors (Lipinski definition) is 4. The Labute approximate surface area is 125 Å². The van der Waals surface area contributed by atoms with Gasteiger partial charge in [0, 0.05) is 31.2 Å². The van der Waals surface area contributed by atoms with E-state index in [1.165, 1.54) is 19.3 Å². The van der Waals surface area contributed by atoms with Gasteiger partial charge in [0.1, 0.15) is 5.69 Å². The molecular weight excluding hydrogens is 264 g/mol. The van der Waals surface area contributed by atoms with Crippen molar-refractivity contribution in [3.05, 3.63) is 24.0 Å². The molecule has 112 valence electrons. The quantitative estimate of drug-likeness (QED) is 0.879. The van der Waals surface area contributed by atoms with Gasteiger partial charge in [-0.25, -0.2) is 4.98 Å². The molecule has 2 saturated carbocycles. The van der Waals surface area contributed by atoms with E-state index in [2.05, 4.69) is 20.5 Å². The molecule has 21 heavy (non-hydrogen) atoms. The summed E-state index contributed by atoms with van der Waals surface area (Å²) in [6.45, 7) is 2.06. The molecule has 2 atom stereocenters. The van der Waals surface area contributed by atoms with Gasteiger partial charge in [-0.1, -0.05) is 0 Å². The van der Waals surface area contributed by atoms with Crippen molar-refractivity contribution >= 4 is 11.6 Å². The Kier molecular flexibility index (Phi) is 3.30. The van der Waals surface area contributed by atoms with E-state index in [4.69, 9.17) is 0 Å². The third-order valence-electron chi connectivity index (χ3n) is 5.15. The second-order valence-electron chi connectivity index (χ2n) is 6.40. The van der Waals surface area contributed by atoms with Crippen LogP contribution in [0.1, 0.15) is 42.6 Å². The summed E-state index contributed by atoms with van der Waals surface area (Å²) in [5.74, 6) is -0.0342. The molecule has 1 amide bonds. The van der Waals surface area contributed by atoms with Crippen LogP contribution in [0.15, 0.2) is 18.3 Å². The fourth-order valence-electron chi connectivity index (χ4n) is 3.45. The molecule has 3 aliphatic rings. The second kappa shape index (κ2) is 5.30. The predicted octanol–water partition coefficient (Wildman–Crippen LogP) is 1.30. The molecule has 0 unspecified atom stereocenters. The lowest BCUT2D eigenvalue weighted by Crippen LogP contribution is -2.63. The number of carbonyl (C=O) groups is 1. The van der Waals surface area contributed by atoms with Crippen molar-refractivity contribution in [3.63, 3.8) is 0 Å². The number of fused-ring (bicyclic) bond motifs is 1. The summed E-state index contributed by atoms with van der Waals surface area (Å²) >= 11 is 0. The van der Waals surface area contributed by atoms with Gasteiger partial charge in [0.15, 0.2) is 0 Å². The Morgan fingerprint density at radius 3 is 2.81 bits per heavy atom. The van der Waals surface area contributed by atoms with E-state index in [0.29, 0.717) is 23.8 Å². The zero-order valence-electron chi connectivity index (χ0n) is 12.2. The molecule has 3 fully saturated rings. The van der Waals surface area contributed by atoms with Crippen LogP contribution in [0, 0.1) is 0 Å². The van der Waals surface area contributed by atoms with Crippen LogP contribution in [0.4, 0.5) is 5.69 Å². The minimum Gasteiger partial charge on any atom is -0.364 e. The van der Waals surface area contributed by atoms with Crippen molar-refractivity contribution in [2.24, 2.45) is 0 Å².